The predicted molar refractivity (Wildman–Crippen MR) is 85.0 cm³/mol. The number of hydrogen-bond donors (Lipinski definition) is 2. The van der Waals surface area contributed by atoms with Gasteiger partial charge in [-0.3, -0.25) is 0 Å². The van der Waals surface area contributed by atoms with Crippen LogP contribution in [0.3, 0.4) is 0 Å². The number of nitrogens with one attached hydrogen (secondary N) is 1. The van der Waals surface area contributed by atoms with Crippen LogP contribution in [0.15, 0.2) is 16.6 Å². The first kappa shape index (κ1) is 15.1. The number of anilines is 1. The van der Waals surface area contributed by atoms with Crippen LogP contribution < -0.4 is 5.32 Å². The van der Waals surface area contributed by atoms with Gasteiger partial charge in [0.1, 0.15) is 0 Å². The maximum Gasteiger partial charge on any atom is 0.0819 e. The van der Waals surface area contributed by atoms with Gasteiger partial charge < -0.3 is 10.4 Å². The van der Waals surface area contributed by atoms with Crippen molar-refractivity contribution in [2.75, 3.05) is 11.9 Å². The summed E-state index contributed by atoms with van der Waals surface area (Å²) in [7, 11) is 0. The zero-order valence-electron chi connectivity index (χ0n) is 11.3. The van der Waals surface area contributed by atoms with E-state index in [1.807, 2.05) is 19.1 Å². The fourth-order valence-corrected chi connectivity index (χ4v) is 3.37. The molecule has 0 unspecified atom stereocenters. The molecule has 0 heterocycles. The number of halogens is 2. The molecule has 0 aliphatic heterocycles. The second-order valence-electron chi connectivity index (χ2n) is 5.57. The molecule has 1 aromatic carbocycles. The minimum atomic E-state index is -0.576. The zero-order chi connectivity index (χ0) is 13.9. The minimum absolute atomic E-state index is 0.576. The third-order valence-electron chi connectivity index (χ3n) is 3.89. The van der Waals surface area contributed by atoms with E-state index >= 15 is 0 Å². The van der Waals surface area contributed by atoms with E-state index in [4.69, 9.17) is 11.6 Å². The Bertz CT molecular complexity index is 442. The second kappa shape index (κ2) is 6.47. The average Bonchev–Trinajstić information content (AvgIpc) is 2.58. The molecular weight excluding hydrogens is 326 g/mol. The van der Waals surface area contributed by atoms with Gasteiger partial charge in [-0.05, 0) is 53.4 Å². The summed E-state index contributed by atoms with van der Waals surface area (Å²) in [6.45, 7) is 2.57. The molecule has 1 fully saturated rings. The van der Waals surface area contributed by atoms with Crippen molar-refractivity contribution in [1.29, 1.82) is 0 Å². The highest BCUT2D eigenvalue weighted by atomic mass is 79.9. The molecule has 1 aliphatic rings. The van der Waals surface area contributed by atoms with Crippen molar-refractivity contribution in [3.05, 3.63) is 27.2 Å². The van der Waals surface area contributed by atoms with Gasteiger partial charge in [-0.1, -0.05) is 37.3 Å². The Morgan fingerprint density at radius 1 is 1.26 bits per heavy atom. The van der Waals surface area contributed by atoms with Gasteiger partial charge in [-0.25, -0.2) is 0 Å². The van der Waals surface area contributed by atoms with E-state index in [2.05, 4.69) is 21.2 Å². The number of aryl methyl sites for hydroxylation is 1. The molecule has 0 radical (unpaired) electrons. The van der Waals surface area contributed by atoms with Crippen molar-refractivity contribution in [3.8, 4) is 0 Å². The van der Waals surface area contributed by atoms with Gasteiger partial charge in [0.05, 0.1) is 11.3 Å². The molecule has 1 aromatic rings. The largest absolute Gasteiger partial charge is 0.388 e. The van der Waals surface area contributed by atoms with E-state index in [1.165, 1.54) is 12.8 Å². The molecule has 1 saturated carbocycles. The summed E-state index contributed by atoms with van der Waals surface area (Å²) in [5.74, 6) is 0. The Balaban J connectivity index is 2.03. The van der Waals surface area contributed by atoms with Gasteiger partial charge in [-0.2, -0.15) is 0 Å². The first-order valence-electron chi connectivity index (χ1n) is 6.92. The molecule has 4 heteroatoms. The topological polar surface area (TPSA) is 32.3 Å². The molecule has 0 atom stereocenters. The molecule has 0 bridgehead atoms. The van der Waals surface area contributed by atoms with Crippen molar-refractivity contribution in [1.82, 2.24) is 0 Å². The first-order valence-corrected chi connectivity index (χ1v) is 8.09. The van der Waals surface area contributed by atoms with Crippen molar-refractivity contribution in [2.24, 2.45) is 0 Å². The molecule has 0 amide bonds. The molecule has 0 spiro atoms. The third-order valence-corrected chi connectivity index (χ3v) is 4.95. The normalized spacial score (nSPS) is 18.9. The molecular formula is C15H21BrClNO. The Morgan fingerprint density at radius 3 is 2.53 bits per heavy atom. The van der Waals surface area contributed by atoms with Crippen molar-refractivity contribution >= 4 is 33.2 Å². The van der Waals surface area contributed by atoms with Crippen molar-refractivity contribution < 1.29 is 5.11 Å². The summed E-state index contributed by atoms with van der Waals surface area (Å²) in [6.07, 6.45) is 6.49. The van der Waals surface area contributed by atoms with Gasteiger partial charge in [0.2, 0.25) is 0 Å². The summed E-state index contributed by atoms with van der Waals surface area (Å²) in [5.41, 5.74) is 1.42. The van der Waals surface area contributed by atoms with Crippen LogP contribution in [0.2, 0.25) is 5.02 Å². The van der Waals surface area contributed by atoms with Gasteiger partial charge in [-0.15, -0.1) is 0 Å². The molecule has 2 N–H and O–H groups in total. The van der Waals surface area contributed by atoms with Crippen LogP contribution in [0.25, 0.3) is 0 Å². The molecule has 106 valence electrons. The summed E-state index contributed by atoms with van der Waals surface area (Å²) < 4.78 is 0.992. The lowest BCUT2D eigenvalue weighted by Gasteiger charge is -2.27. The van der Waals surface area contributed by atoms with E-state index in [0.29, 0.717) is 6.54 Å². The standard InChI is InChI=1S/C15H21BrClNO/c1-11-8-12(16)14(9-13(11)17)18-10-15(19)6-4-2-3-5-7-15/h8-9,18-19H,2-7,10H2,1H3. The lowest BCUT2D eigenvalue weighted by Crippen LogP contribution is -2.36. The fraction of sp³-hybridized carbons (Fsp3) is 0.600. The van der Waals surface area contributed by atoms with E-state index in [-0.39, 0.29) is 0 Å². The lowest BCUT2D eigenvalue weighted by atomic mass is 9.94. The van der Waals surface area contributed by atoms with Crippen LogP contribution in [0.5, 0.6) is 0 Å². The van der Waals surface area contributed by atoms with Crippen LogP contribution in [0, 0.1) is 6.92 Å². The molecule has 0 aromatic heterocycles. The maximum atomic E-state index is 10.6. The number of benzene rings is 1. The quantitative estimate of drug-likeness (QED) is 0.762. The van der Waals surface area contributed by atoms with Crippen LogP contribution in [-0.2, 0) is 0 Å². The fourth-order valence-electron chi connectivity index (χ4n) is 2.60. The molecule has 2 nitrogen and oxygen atoms in total. The Hall–Kier alpha value is -0.250. The summed E-state index contributed by atoms with van der Waals surface area (Å²) >= 11 is 9.68. The second-order valence-corrected chi connectivity index (χ2v) is 6.83. The lowest BCUT2D eigenvalue weighted by molar-refractivity contribution is 0.0381. The van der Waals surface area contributed by atoms with Crippen LogP contribution in [-0.4, -0.2) is 17.3 Å². The highest BCUT2D eigenvalue weighted by molar-refractivity contribution is 9.10. The maximum absolute atomic E-state index is 10.6. The number of hydrogen-bond acceptors (Lipinski definition) is 2. The molecule has 2 rings (SSSR count). The monoisotopic (exact) mass is 345 g/mol. The van der Waals surface area contributed by atoms with Gasteiger partial charge >= 0.3 is 0 Å². The van der Waals surface area contributed by atoms with Gasteiger partial charge in [0, 0.05) is 16.0 Å². The summed E-state index contributed by atoms with van der Waals surface area (Å²) in [4.78, 5) is 0. The molecule has 0 saturated heterocycles. The van der Waals surface area contributed by atoms with Crippen LogP contribution in [0.4, 0.5) is 5.69 Å². The predicted octanol–water partition coefficient (Wildman–Crippen LogP) is 4.91. The smallest absolute Gasteiger partial charge is 0.0819 e. The Morgan fingerprint density at radius 2 is 1.89 bits per heavy atom. The van der Waals surface area contributed by atoms with Crippen molar-refractivity contribution in [2.45, 2.75) is 51.0 Å². The van der Waals surface area contributed by atoms with Crippen LogP contribution >= 0.6 is 27.5 Å². The van der Waals surface area contributed by atoms with E-state index in [9.17, 15) is 5.11 Å². The van der Waals surface area contributed by atoms with Crippen molar-refractivity contribution in [3.63, 3.8) is 0 Å². The first-order chi connectivity index (χ1) is 9.00. The summed E-state index contributed by atoms with van der Waals surface area (Å²) in [5, 5.41) is 14.7. The number of rotatable bonds is 3. The molecule has 19 heavy (non-hydrogen) atoms. The zero-order valence-corrected chi connectivity index (χ0v) is 13.6. The SMILES string of the molecule is Cc1cc(Br)c(NCC2(O)CCCCCC2)cc1Cl. The highest BCUT2D eigenvalue weighted by Gasteiger charge is 2.27. The van der Waals surface area contributed by atoms with E-state index in [1.54, 1.807) is 0 Å². The van der Waals surface area contributed by atoms with Gasteiger partial charge in [0.15, 0.2) is 0 Å². The van der Waals surface area contributed by atoms with E-state index < -0.39 is 5.60 Å². The van der Waals surface area contributed by atoms with E-state index in [0.717, 1.165) is 46.4 Å². The van der Waals surface area contributed by atoms with Gasteiger partial charge in [0.25, 0.3) is 0 Å². The molecule has 1 aliphatic carbocycles. The number of aliphatic hydroxyl groups is 1. The summed E-state index contributed by atoms with van der Waals surface area (Å²) in [6, 6.07) is 3.92. The average molecular weight is 347 g/mol. The minimum Gasteiger partial charge on any atom is -0.388 e. The van der Waals surface area contributed by atoms with Crippen LogP contribution in [0.1, 0.15) is 44.1 Å². The Labute approximate surface area is 128 Å². The Kier molecular flexibility index (Phi) is 5.15. The third kappa shape index (κ3) is 4.11. The highest BCUT2D eigenvalue weighted by Crippen LogP contribution is 2.31.